The van der Waals surface area contributed by atoms with Crippen molar-refractivity contribution in [2.24, 2.45) is 0 Å². The van der Waals surface area contributed by atoms with Gasteiger partial charge < -0.3 is 10.2 Å². The van der Waals surface area contributed by atoms with E-state index in [4.69, 9.17) is 0 Å². The van der Waals surface area contributed by atoms with Gasteiger partial charge in [0, 0.05) is 32.6 Å². The Labute approximate surface area is 114 Å². The average molecular weight is 317 g/mol. The van der Waals surface area contributed by atoms with Gasteiger partial charge in [0.15, 0.2) is 0 Å². The number of piperidine rings is 1. The van der Waals surface area contributed by atoms with Crippen LogP contribution in [-0.4, -0.2) is 29.9 Å². The number of halogens is 1. The molecule has 0 spiro atoms. The first kappa shape index (κ1) is 13.1. The number of thiophene rings is 1. The van der Waals surface area contributed by atoms with E-state index in [1.165, 1.54) is 9.35 Å². The van der Waals surface area contributed by atoms with Crippen LogP contribution in [0.3, 0.4) is 0 Å². The maximum atomic E-state index is 11.2. The molecular weight excluding hydrogens is 300 g/mol. The van der Waals surface area contributed by atoms with Gasteiger partial charge in [0.1, 0.15) is 0 Å². The highest BCUT2D eigenvalue weighted by atomic mass is 79.9. The van der Waals surface area contributed by atoms with Crippen LogP contribution in [0.1, 0.15) is 25.3 Å². The molecule has 1 amide bonds. The second kappa shape index (κ2) is 5.98. The first-order valence-electron chi connectivity index (χ1n) is 5.87. The molecule has 1 aromatic heterocycles. The van der Waals surface area contributed by atoms with E-state index in [0.29, 0.717) is 6.04 Å². The highest BCUT2D eigenvalue weighted by molar-refractivity contribution is 9.11. The summed E-state index contributed by atoms with van der Waals surface area (Å²) < 4.78 is 1.18. The molecule has 0 aliphatic carbocycles. The van der Waals surface area contributed by atoms with Crippen LogP contribution < -0.4 is 5.32 Å². The monoisotopic (exact) mass is 316 g/mol. The number of nitrogens with zero attached hydrogens (tertiary/aromatic N) is 1. The van der Waals surface area contributed by atoms with Crippen LogP contribution in [0.4, 0.5) is 0 Å². The minimum atomic E-state index is 0.199. The smallest absolute Gasteiger partial charge is 0.219 e. The lowest BCUT2D eigenvalue weighted by Crippen LogP contribution is -2.43. The number of rotatable bonds is 3. The maximum Gasteiger partial charge on any atom is 0.219 e. The van der Waals surface area contributed by atoms with Gasteiger partial charge in [0.2, 0.25) is 5.91 Å². The highest BCUT2D eigenvalue weighted by Crippen LogP contribution is 2.21. The molecular formula is C12H17BrN2OS. The Morgan fingerprint density at radius 3 is 2.82 bits per heavy atom. The second-order valence-electron chi connectivity index (χ2n) is 4.42. The van der Waals surface area contributed by atoms with Gasteiger partial charge in [-0.1, -0.05) is 0 Å². The number of likely N-dealkylation sites (tertiary alicyclic amines) is 1. The van der Waals surface area contributed by atoms with E-state index in [1.807, 2.05) is 4.90 Å². The lowest BCUT2D eigenvalue weighted by atomic mass is 10.0. The van der Waals surface area contributed by atoms with Crippen LogP contribution >= 0.6 is 27.3 Å². The first-order chi connectivity index (χ1) is 8.15. The molecule has 1 aromatic rings. The molecule has 0 aromatic carbocycles. The highest BCUT2D eigenvalue weighted by Gasteiger charge is 2.19. The van der Waals surface area contributed by atoms with Crippen LogP contribution in [0.15, 0.2) is 15.2 Å². The molecule has 1 fully saturated rings. The minimum Gasteiger partial charge on any atom is -0.343 e. The summed E-state index contributed by atoms with van der Waals surface area (Å²) in [4.78, 5) is 13.1. The molecule has 94 valence electrons. The van der Waals surface area contributed by atoms with Gasteiger partial charge in [-0.3, -0.25) is 4.79 Å². The summed E-state index contributed by atoms with van der Waals surface area (Å²) in [6.45, 7) is 4.35. The zero-order valence-electron chi connectivity index (χ0n) is 9.91. The molecule has 3 nitrogen and oxygen atoms in total. The Hall–Kier alpha value is -0.390. The third-order valence-electron chi connectivity index (χ3n) is 3.16. The van der Waals surface area contributed by atoms with Crippen molar-refractivity contribution in [3.63, 3.8) is 0 Å². The third kappa shape index (κ3) is 3.79. The van der Waals surface area contributed by atoms with Gasteiger partial charge in [0.05, 0.1) is 3.79 Å². The summed E-state index contributed by atoms with van der Waals surface area (Å²) in [7, 11) is 0. The molecule has 1 aliphatic rings. The Kier molecular flexibility index (Phi) is 4.59. The summed E-state index contributed by atoms with van der Waals surface area (Å²) in [6, 6.07) is 2.70. The van der Waals surface area contributed by atoms with Gasteiger partial charge in [-0.2, -0.15) is 0 Å². The van der Waals surface area contributed by atoms with Gasteiger partial charge in [-0.05, 0) is 45.8 Å². The van der Waals surface area contributed by atoms with Crippen LogP contribution in [-0.2, 0) is 11.3 Å². The summed E-state index contributed by atoms with van der Waals surface area (Å²) in [5.41, 5.74) is 1.33. The number of carbonyl (C=O) groups is 1. The Morgan fingerprint density at radius 2 is 2.29 bits per heavy atom. The van der Waals surface area contributed by atoms with Crippen LogP contribution in [0.25, 0.3) is 0 Å². The largest absolute Gasteiger partial charge is 0.343 e. The minimum absolute atomic E-state index is 0.199. The van der Waals surface area contributed by atoms with Crippen molar-refractivity contribution in [1.82, 2.24) is 10.2 Å². The fourth-order valence-corrected chi connectivity index (χ4v) is 3.31. The molecule has 2 heterocycles. The summed E-state index contributed by atoms with van der Waals surface area (Å²) in [6.07, 6.45) is 2.12. The van der Waals surface area contributed by atoms with Crippen molar-refractivity contribution >= 4 is 33.2 Å². The van der Waals surface area contributed by atoms with E-state index in [0.717, 1.165) is 32.5 Å². The van der Waals surface area contributed by atoms with E-state index in [-0.39, 0.29) is 5.91 Å². The number of amides is 1. The molecule has 1 aliphatic heterocycles. The van der Waals surface area contributed by atoms with Crippen molar-refractivity contribution < 1.29 is 4.79 Å². The number of carbonyl (C=O) groups excluding carboxylic acids is 1. The fourth-order valence-electron chi connectivity index (χ4n) is 2.10. The summed E-state index contributed by atoms with van der Waals surface area (Å²) >= 11 is 5.19. The van der Waals surface area contributed by atoms with Crippen molar-refractivity contribution in [1.29, 1.82) is 0 Å². The zero-order valence-corrected chi connectivity index (χ0v) is 12.3. The molecule has 1 N–H and O–H groups in total. The molecule has 1 saturated heterocycles. The molecule has 0 unspecified atom stereocenters. The second-order valence-corrected chi connectivity index (χ2v) is 6.71. The average Bonchev–Trinajstić information content (AvgIpc) is 2.73. The third-order valence-corrected chi connectivity index (χ3v) is 4.71. The molecule has 17 heavy (non-hydrogen) atoms. The first-order valence-corrected chi connectivity index (χ1v) is 7.54. The van der Waals surface area contributed by atoms with Gasteiger partial charge >= 0.3 is 0 Å². The van der Waals surface area contributed by atoms with Gasteiger partial charge in [-0.15, -0.1) is 11.3 Å². The van der Waals surface area contributed by atoms with E-state index in [9.17, 15) is 4.79 Å². The standard InChI is InChI=1S/C12H17BrN2OS/c1-9(16)15-4-2-11(3-5-15)14-7-10-6-12(13)17-8-10/h6,8,11,14H,2-5,7H2,1H3. The summed E-state index contributed by atoms with van der Waals surface area (Å²) in [5.74, 6) is 0.199. The van der Waals surface area contributed by atoms with Crippen molar-refractivity contribution in [3.05, 3.63) is 20.8 Å². The van der Waals surface area contributed by atoms with E-state index in [1.54, 1.807) is 18.3 Å². The molecule has 0 bridgehead atoms. The summed E-state index contributed by atoms with van der Waals surface area (Å²) in [5, 5.41) is 5.73. The topological polar surface area (TPSA) is 32.3 Å². The molecule has 0 radical (unpaired) electrons. The van der Waals surface area contributed by atoms with Crippen molar-refractivity contribution in [2.45, 2.75) is 32.4 Å². The number of nitrogens with one attached hydrogen (secondary N) is 1. The quantitative estimate of drug-likeness (QED) is 0.929. The SMILES string of the molecule is CC(=O)N1CCC(NCc2csc(Br)c2)CC1. The van der Waals surface area contributed by atoms with Crippen LogP contribution in [0, 0.1) is 0 Å². The van der Waals surface area contributed by atoms with E-state index >= 15 is 0 Å². The Bertz CT molecular complexity index is 386. The molecule has 0 saturated carbocycles. The maximum absolute atomic E-state index is 11.2. The predicted molar refractivity (Wildman–Crippen MR) is 74.1 cm³/mol. The Balaban J connectivity index is 1.73. The van der Waals surface area contributed by atoms with Gasteiger partial charge in [0.25, 0.3) is 0 Å². The number of hydrogen-bond acceptors (Lipinski definition) is 3. The Morgan fingerprint density at radius 1 is 1.59 bits per heavy atom. The molecule has 0 atom stereocenters. The van der Waals surface area contributed by atoms with Crippen molar-refractivity contribution in [2.75, 3.05) is 13.1 Å². The van der Waals surface area contributed by atoms with Crippen LogP contribution in [0.2, 0.25) is 0 Å². The number of hydrogen-bond donors (Lipinski definition) is 1. The fraction of sp³-hybridized carbons (Fsp3) is 0.583. The van der Waals surface area contributed by atoms with Gasteiger partial charge in [-0.25, -0.2) is 0 Å². The molecule has 5 heteroatoms. The lowest BCUT2D eigenvalue weighted by molar-refractivity contribution is -0.129. The zero-order chi connectivity index (χ0) is 12.3. The molecule has 2 rings (SSSR count). The lowest BCUT2D eigenvalue weighted by Gasteiger charge is -2.31. The normalized spacial score (nSPS) is 17.4. The van der Waals surface area contributed by atoms with Crippen molar-refractivity contribution in [3.8, 4) is 0 Å². The van der Waals surface area contributed by atoms with E-state index in [2.05, 4.69) is 32.7 Å². The van der Waals surface area contributed by atoms with Crippen LogP contribution in [0.5, 0.6) is 0 Å². The van der Waals surface area contributed by atoms with E-state index < -0.39 is 0 Å². The predicted octanol–water partition coefficient (Wildman–Crippen LogP) is 2.61.